The second-order valence-electron chi connectivity index (χ2n) is 5.35. The van der Waals surface area contributed by atoms with Gasteiger partial charge in [-0.3, -0.25) is 14.9 Å². The fourth-order valence-corrected chi connectivity index (χ4v) is 2.85. The number of rotatable bonds is 4. The minimum Gasteiger partial charge on any atom is -0.382 e. The highest BCUT2D eigenvalue weighted by atomic mass is 16.6. The highest BCUT2D eigenvalue weighted by Crippen LogP contribution is 2.30. The van der Waals surface area contributed by atoms with Gasteiger partial charge < -0.3 is 10.2 Å². The van der Waals surface area contributed by atoms with Crippen molar-refractivity contribution in [3.8, 4) is 0 Å². The average Bonchev–Trinajstić information content (AvgIpc) is 2.53. The number of hydrogen-bond acceptors (Lipinski definition) is 4. The molecule has 0 saturated carbocycles. The van der Waals surface area contributed by atoms with Crippen LogP contribution in [0.1, 0.15) is 36.5 Å². The van der Waals surface area contributed by atoms with Gasteiger partial charge in [0.2, 0.25) is 0 Å². The number of amides is 1. The Morgan fingerprint density at radius 2 is 2.10 bits per heavy atom. The van der Waals surface area contributed by atoms with Crippen LogP contribution in [0.3, 0.4) is 0 Å². The van der Waals surface area contributed by atoms with E-state index in [4.69, 9.17) is 0 Å². The van der Waals surface area contributed by atoms with Gasteiger partial charge in [0.05, 0.1) is 10.5 Å². The van der Waals surface area contributed by atoms with Gasteiger partial charge >= 0.3 is 0 Å². The van der Waals surface area contributed by atoms with Crippen molar-refractivity contribution in [1.82, 2.24) is 4.90 Å². The van der Waals surface area contributed by atoms with Crippen LogP contribution in [0.4, 0.5) is 11.4 Å². The lowest BCUT2D eigenvalue weighted by molar-refractivity contribution is -0.384. The van der Waals surface area contributed by atoms with Crippen LogP contribution in [-0.4, -0.2) is 35.9 Å². The number of carbonyl (C=O) groups is 1. The maximum absolute atomic E-state index is 12.6. The Morgan fingerprint density at radius 1 is 1.43 bits per heavy atom. The number of nitrogens with zero attached hydrogens (tertiary/aromatic N) is 2. The van der Waals surface area contributed by atoms with Gasteiger partial charge in [-0.2, -0.15) is 0 Å². The van der Waals surface area contributed by atoms with Gasteiger partial charge in [-0.25, -0.2) is 0 Å². The third kappa shape index (κ3) is 3.15. The van der Waals surface area contributed by atoms with E-state index in [1.807, 2.05) is 0 Å². The van der Waals surface area contributed by atoms with E-state index in [1.165, 1.54) is 6.07 Å². The van der Waals surface area contributed by atoms with E-state index >= 15 is 0 Å². The van der Waals surface area contributed by atoms with E-state index in [1.54, 1.807) is 24.1 Å². The number of nitro benzene ring substituents is 1. The molecule has 0 unspecified atom stereocenters. The van der Waals surface area contributed by atoms with Crippen LogP contribution in [-0.2, 0) is 0 Å². The van der Waals surface area contributed by atoms with Crippen molar-refractivity contribution in [3.63, 3.8) is 0 Å². The number of nitro groups is 1. The number of para-hydroxylation sites is 1. The monoisotopic (exact) mass is 291 g/mol. The van der Waals surface area contributed by atoms with E-state index in [0.29, 0.717) is 17.2 Å². The van der Waals surface area contributed by atoms with Crippen molar-refractivity contribution >= 4 is 17.3 Å². The number of carbonyl (C=O) groups excluding carboxylic acids is 1. The molecule has 1 amide bonds. The Hall–Kier alpha value is -2.11. The SMILES string of the molecule is CCC1CCN(C(=O)c2cccc([N+](=O)[O-])c2NC)CC1. The van der Waals surface area contributed by atoms with Crippen LogP contribution in [0.5, 0.6) is 0 Å². The third-order valence-corrected chi connectivity index (χ3v) is 4.20. The molecular formula is C15H21N3O3. The summed E-state index contributed by atoms with van der Waals surface area (Å²) in [5.74, 6) is 0.556. The Kier molecular flexibility index (Phi) is 4.77. The molecule has 0 atom stereocenters. The molecule has 0 spiro atoms. The zero-order valence-corrected chi connectivity index (χ0v) is 12.5. The number of benzene rings is 1. The summed E-state index contributed by atoms with van der Waals surface area (Å²) in [6.45, 7) is 3.62. The lowest BCUT2D eigenvalue weighted by Crippen LogP contribution is -2.38. The van der Waals surface area contributed by atoms with Gasteiger partial charge in [0, 0.05) is 26.2 Å². The molecule has 1 fully saturated rings. The fourth-order valence-electron chi connectivity index (χ4n) is 2.85. The Balaban J connectivity index is 2.24. The normalized spacial score (nSPS) is 15.8. The number of anilines is 1. The molecule has 1 aromatic carbocycles. The molecule has 1 aromatic rings. The standard InChI is InChI=1S/C15H21N3O3/c1-3-11-7-9-17(10-8-11)15(19)12-5-4-6-13(18(20)21)14(12)16-2/h4-6,11,16H,3,7-10H2,1-2H3. The van der Waals surface area contributed by atoms with Gasteiger partial charge in [-0.05, 0) is 24.8 Å². The van der Waals surface area contributed by atoms with Gasteiger partial charge in [-0.1, -0.05) is 19.4 Å². The summed E-state index contributed by atoms with van der Waals surface area (Å²) in [7, 11) is 1.60. The molecule has 0 aliphatic carbocycles. The maximum Gasteiger partial charge on any atom is 0.293 e. The highest BCUT2D eigenvalue weighted by Gasteiger charge is 2.27. The van der Waals surface area contributed by atoms with E-state index in [2.05, 4.69) is 12.2 Å². The largest absolute Gasteiger partial charge is 0.382 e. The topological polar surface area (TPSA) is 75.5 Å². The van der Waals surface area contributed by atoms with Crippen LogP contribution in [0.25, 0.3) is 0 Å². The first-order chi connectivity index (χ1) is 10.1. The third-order valence-electron chi connectivity index (χ3n) is 4.20. The molecule has 6 heteroatoms. The maximum atomic E-state index is 12.6. The van der Waals surface area contributed by atoms with Gasteiger partial charge in [0.15, 0.2) is 0 Å². The van der Waals surface area contributed by atoms with Crippen molar-refractivity contribution in [2.75, 3.05) is 25.5 Å². The first-order valence-corrected chi connectivity index (χ1v) is 7.32. The fraction of sp³-hybridized carbons (Fsp3) is 0.533. The molecule has 6 nitrogen and oxygen atoms in total. The van der Waals surface area contributed by atoms with Gasteiger partial charge in [0.25, 0.3) is 11.6 Å². The van der Waals surface area contributed by atoms with E-state index in [-0.39, 0.29) is 11.6 Å². The molecule has 0 aromatic heterocycles. The van der Waals surface area contributed by atoms with Crippen molar-refractivity contribution in [1.29, 1.82) is 0 Å². The van der Waals surface area contributed by atoms with Crippen molar-refractivity contribution in [2.45, 2.75) is 26.2 Å². The molecule has 0 radical (unpaired) electrons. The van der Waals surface area contributed by atoms with Crippen molar-refractivity contribution in [2.24, 2.45) is 5.92 Å². The Labute approximate surface area is 124 Å². The van der Waals surface area contributed by atoms with E-state index in [0.717, 1.165) is 32.4 Å². The molecule has 21 heavy (non-hydrogen) atoms. The first kappa shape index (κ1) is 15.3. The minimum absolute atomic E-state index is 0.0632. The smallest absolute Gasteiger partial charge is 0.293 e. The van der Waals surface area contributed by atoms with E-state index < -0.39 is 4.92 Å². The van der Waals surface area contributed by atoms with Crippen molar-refractivity contribution in [3.05, 3.63) is 33.9 Å². The Morgan fingerprint density at radius 3 is 2.62 bits per heavy atom. The molecular weight excluding hydrogens is 270 g/mol. The predicted octanol–water partition coefficient (Wildman–Crippen LogP) is 2.90. The molecule has 2 rings (SSSR count). The summed E-state index contributed by atoms with van der Waals surface area (Å²) >= 11 is 0. The summed E-state index contributed by atoms with van der Waals surface area (Å²) < 4.78 is 0. The Bertz CT molecular complexity index is 537. The molecule has 1 heterocycles. The molecule has 1 aliphatic heterocycles. The van der Waals surface area contributed by atoms with Crippen LogP contribution >= 0.6 is 0 Å². The van der Waals surface area contributed by atoms with Crippen LogP contribution in [0, 0.1) is 16.0 Å². The zero-order valence-electron chi connectivity index (χ0n) is 12.5. The summed E-state index contributed by atoms with van der Waals surface area (Å²) in [5, 5.41) is 13.9. The van der Waals surface area contributed by atoms with E-state index in [9.17, 15) is 14.9 Å². The van der Waals surface area contributed by atoms with Crippen LogP contribution in [0.15, 0.2) is 18.2 Å². The summed E-state index contributed by atoms with van der Waals surface area (Å²) in [6.07, 6.45) is 3.15. The zero-order chi connectivity index (χ0) is 15.4. The number of hydrogen-bond donors (Lipinski definition) is 1. The average molecular weight is 291 g/mol. The van der Waals surface area contributed by atoms with Crippen LogP contribution < -0.4 is 5.32 Å². The molecule has 1 saturated heterocycles. The predicted molar refractivity (Wildman–Crippen MR) is 81.6 cm³/mol. The summed E-state index contributed by atoms with van der Waals surface area (Å²) in [5.41, 5.74) is 0.610. The van der Waals surface area contributed by atoms with Crippen LogP contribution in [0.2, 0.25) is 0 Å². The van der Waals surface area contributed by atoms with Gasteiger partial charge in [-0.15, -0.1) is 0 Å². The number of likely N-dealkylation sites (tertiary alicyclic amines) is 1. The number of piperidine rings is 1. The first-order valence-electron chi connectivity index (χ1n) is 7.32. The summed E-state index contributed by atoms with van der Waals surface area (Å²) in [4.78, 5) is 25.0. The lowest BCUT2D eigenvalue weighted by Gasteiger charge is -2.31. The second-order valence-corrected chi connectivity index (χ2v) is 5.35. The highest BCUT2D eigenvalue weighted by molar-refractivity contribution is 6.01. The molecule has 1 N–H and O–H groups in total. The van der Waals surface area contributed by atoms with Crippen molar-refractivity contribution < 1.29 is 9.72 Å². The molecule has 1 aliphatic rings. The molecule has 114 valence electrons. The quantitative estimate of drug-likeness (QED) is 0.683. The summed E-state index contributed by atoms with van der Waals surface area (Å²) in [6, 6.07) is 4.62. The lowest BCUT2D eigenvalue weighted by atomic mass is 9.94. The van der Waals surface area contributed by atoms with Gasteiger partial charge in [0.1, 0.15) is 5.69 Å². The number of nitrogens with one attached hydrogen (secondary N) is 1. The second kappa shape index (κ2) is 6.56. The molecule has 0 bridgehead atoms. The minimum atomic E-state index is -0.466.